The number of rotatable bonds is 10. The molecule has 0 radical (unpaired) electrons. The molecular weight excluding hydrogens is 380 g/mol. The van der Waals surface area contributed by atoms with Crippen LogP contribution in [0.2, 0.25) is 0 Å². The van der Waals surface area contributed by atoms with E-state index in [0.29, 0.717) is 18.3 Å². The zero-order chi connectivity index (χ0) is 21.4. The van der Waals surface area contributed by atoms with Crippen LogP contribution in [-0.2, 0) is 10.0 Å². The average molecular weight is 415 g/mol. The van der Waals surface area contributed by atoms with Gasteiger partial charge in [-0.05, 0) is 52.3 Å². The molecular formula is C19H34N4O4S. The van der Waals surface area contributed by atoms with Gasteiger partial charge in [-0.1, -0.05) is 12.1 Å². The molecule has 1 unspecified atom stereocenters. The predicted molar refractivity (Wildman–Crippen MR) is 113 cm³/mol. The minimum Gasteiger partial charge on any atom is -0.491 e. The molecule has 0 saturated heterocycles. The number of aliphatic imine (C=N–C) groups is 1. The molecule has 1 aromatic carbocycles. The molecule has 9 heteroatoms. The second-order valence-corrected chi connectivity index (χ2v) is 9.34. The number of aliphatic hydroxyl groups is 1. The highest BCUT2D eigenvalue weighted by Crippen LogP contribution is 2.19. The standard InChI is InChI=1S/C19H34N4O4S/c1-7-20-18(22-13-19(4,5)23-28(6,25)26)21-12-17(24)15-9-8-10-16(11-15)27-14(2)3/h8-11,14,17,23-24H,7,12-13H2,1-6H3,(H2,20,21,22). The van der Waals surface area contributed by atoms with Crippen LogP contribution in [-0.4, -0.2) is 57.0 Å². The van der Waals surface area contributed by atoms with Gasteiger partial charge in [-0.2, -0.15) is 0 Å². The lowest BCUT2D eigenvalue weighted by Crippen LogP contribution is -2.47. The van der Waals surface area contributed by atoms with Crippen LogP contribution in [0.15, 0.2) is 29.3 Å². The number of nitrogens with one attached hydrogen (secondary N) is 3. The second-order valence-electron chi connectivity index (χ2n) is 7.59. The maximum absolute atomic E-state index is 11.4. The van der Waals surface area contributed by atoms with Gasteiger partial charge in [0.1, 0.15) is 5.75 Å². The number of benzene rings is 1. The summed E-state index contributed by atoms with van der Waals surface area (Å²) in [6.45, 7) is 10.5. The second kappa shape index (κ2) is 10.6. The molecule has 0 bridgehead atoms. The van der Waals surface area contributed by atoms with Crippen LogP contribution in [0.5, 0.6) is 5.75 Å². The average Bonchev–Trinajstić information content (AvgIpc) is 2.54. The normalized spacial score (nSPS) is 14.1. The van der Waals surface area contributed by atoms with Crippen LogP contribution in [0, 0.1) is 0 Å². The van der Waals surface area contributed by atoms with Crippen LogP contribution in [0.1, 0.15) is 46.3 Å². The van der Waals surface area contributed by atoms with E-state index in [2.05, 4.69) is 20.3 Å². The summed E-state index contributed by atoms with van der Waals surface area (Å²) in [5.41, 5.74) is 0.0115. The molecule has 160 valence electrons. The van der Waals surface area contributed by atoms with Crippen LogP contribution < -0.4 is 20.1 Å². The molecule has 0 fully saturated rings. The van der Waals surface area contributed by atoms with Gasteiger partial charge in [0.05, 0.1) is 25.0 Å². The summed E-state index contributed by atoms with van der Waals surface area (Å²) in [5.74, 6) is 1.21. The van der Waals surface area contributed by atoms with Crippen molar-refractivity contribution in [1.29, 1.82) is 0 Å². The number of ether oxygens (including phenoxy) is 1. The predicted octanol–water partition coefficient (Wildman–Crippen LogP) is 1.39. The van der Waals surface area contributed by atoms with E-state index >= 15 is 0 Å². The fourth-order valence-electron chi connectivity index (χ4n) is 2.53. The first-order chi connectivity index (χ1) is 12.9. The monoisotopic (exact) mass is 414 g/mol. The Bertz CT molecular complexity index is 748. The minimum absolute atomic E-state index is 0.0573. The summed E-state index contributed by atoms with van der Waals surface area (Å²) >= 11 is 0. The van der Waals surface area contributed by atoms with Crippen molar-refractivity contribution in [3.8, 4) is 5.75 Å². The Labute approximate surface area is 168 Å². The van der Waals surface area contributed by atoms with Crippen molar-refractivity contribution in [2.45, 2.75) is 52.4 Å². The van der Waals surface area contributed by atoms with E-state index in [1.54, 1.807) is 13.8 Å². The largest absolute Gasteiger partial charge is 0.491 e. The lowest BCUT2D eigenvalue weighted by atomic mass is 10.1. The summed E-state index contributed by atoms with van der Waals surface area (Å²) in [6, 6.07) is 7.35. The lowest BCUT2D eigenvalue weighted by molar-refractivity contribution is 0.179. The summed E-state index contributed by atoms with van der Waals surface area (Å²) in [6.07, 6.45) is 0.429. The summed E-state index contributed by atoms with van der Waals surface area (Å²) in [7, 11) is -3.33. The Hall–Kier alpha value is -1.84. The highest BCUT2D eigenvalue weighted by molar-refractivity contribution is 7.88. The number of hydrogen-bond acceptors (Lipinski definition) is 5. The smallest absolute Gasteiger partial charge is 0.209 e. The van der Waals surface area contributed by atoms with Gasteiger partial charge >= 0.3 is 0 Å². The molecule has 0 amide bonds. The molecule has 0 aliphatic carbocycles. The van der Waals surface area contributed by atoms with E-state index in [0.717, 1.165) is 11.8 Å². The molecule has 0 aliphatic rings. The maximum Gasteiger partial charge on any atom is 0.209 e. The van der Waals surface area contributed by atoms with E-state index < -0.39 is 21.7 Å². The summed E-state index contributed by atoms with van der Waals surface area (Å²) < 4.78 is 31.1. The van der Waals surface area contributed by atoms with Gasteiger partial charge in [-0.25, -0.2) is 13.1 Å². The molecule has 1 rings (SSSR count). The first kappa shape index (κ1) is 24.2. The van der Waals surface area contributed by atoms with Crippen LogP contribution >= 0.6 is 0 Å². The topological polar surface area (TPSA) is 112 Å². The molecule has 1 aromatic rings. The molecule has 0 aliphatic heterocycles. The third-order valence-corrected chi connectivity index (χ3v) is 4.44. The van der Waals surface area contributed by atoms with Gasteiger partial charge in [0.15, 0.2) is 5.96 Å². The Morgan fingerprint density at radius 2 is 1.96 bits per heavy atom. The van der Waals surface area contributed by atoms with Gasteiger partial charge in [-0.15, -0.1) is 0 Å². The van der Waals surface area contributed by atoms with Crippen molar-refractivity contribution in [3.63, 3.8) is 0 Å². The Balaban J connectivity index is 2.74. The SMILES string of the molecule is CCNC(=NCC(C)(C)NS(C)(=O)=O)NCC(O)c1cccc(OC(C)C)c1. The number of aliphatic hydroxyl groups excluding tert-OH is 1. The third-order valence-electron chi connectivity index (χ3n) is 3.52. The van der Waals surface area contributed by atoms with Gasteiger partial charge in [0, 0.05) is 18.6 Å². The highest BCUT2D eigenvalue weighted by Gasteiger charge is 2.22. The fraction of sp³-hybridized carbons (Fsp3) is 0.632. The molecule has 1 atom stereocenters. The molecule has 0 heterocycles. The molecule has 8 nitrogen and oxygen atoms in total. The number of hydrogen-bond donors (Lipinski definition) is 4. The third kappa shape index (κ3) is 9.91. The first-order valence-corrected chi connectivity index (χ1v) is 11.3. The summed E-state index contributed by atoms with van der Waals surface area (Å²) in [5, 5.41) is 16.7. The highest BCUT2D eigenvalue weighted by atomic mass is 32.2. The van der Waals surface area contributed by atoms with E-state index in [-0.39, 0.29) is 19.2 Å². The van der Waals surface area contributed by atoms with E-state index in [4.69, 9.17) is 4.74 Å². The lowest BCUT2D eigenvalue weighted by Gasteiger charge is -2.24. The van der Waals surface area contributed by atoms with Crippen molar-refractivity contribution in [2.75, 3.05) is 25.9 Å². The van der Waals surface area contributed by atoms with Crippen molar-refractivity contribution in [2.24, 2.45) is 4.99 Å². The van der Waals surface area contributed by atoms with Crippen LogP contribution in [0.3, 0.4) is 0 Å². The van der Waals surface area contributed by atoms with Crippen molar-refractivity contribution in [3.05, 3.63) is 29.8 Å². The first-order valence-electron chi connectivity index (χ1n) is 9.37. The van der Waals surface area contributed by atoms with Crippen LogP contribution in [0.25, 0.3) is 0 Å². The summed E-state index contributed by atoms with van der Waals surface area (Å²) in [4.78, 5) is 4.42. The molecule has 0 spiro atoms. The molecule has 4 N–H and O–H groups in total. The molecule has 0 aromatic heterocycles. The molecule has 0 saturated carbocycles. The number of guanidine groups is 1. The van der Waals surface area contributed by atoms with Gasteiger partial charge in [0.25, 0.3) is 0 Å². The Morgan fingerprint density at radius 3 is 2.54 bits per heavy atom. The van der Waals surface area contributed by atoms with Crippen molar-refractivity contribution >= 4 is 16.0 Å². The zero-order valence-corrected chi connectivity index (χ0v) is 18.4. The van der Waals surface area contributed by atoms with Crippen LogP contribution in [0.4, 0.5) is 0 Å². The van der Waals surface area contributed by atoms with E-state index in [1.807, 2.05) is 45.0 Å². The number of sulfonamides is 1. The molecule has 28 heavy (non-hydrogen) atoms. The van der Waals surface area contributed by atoms with Gasteiger partial charge in [-0.3, -0.25) is 4.99 Å². The number of nitrogens with zero attached hydrogens (tertiary/aromatic N) is 1. The Morgan fingerprint density at radius 1 is 1.29 bits per heavy atom. The maximum atomic E-state index is 11.4. The quantitative estimate of drug-likeness (QED) is 0.340. The Kier molecular flexibility index (Phi) is 9.19. The minimum atomic E-state index is -3.33. The van der Waals surface area contributed by atoms with E-state index in [9.17, 15) is 13.5 Å². The van der Waals surface area contributed by atoms with Gasteiger partial charge in [0.2, 0.25) is 10.0 Å². The zero-order valence-electron chi connectivity index (χ0n) is 17.6. The fourth-order valence-corrected chi connectivity index (χ4v) is 3.60. The van der Waals surface area contributed by atoms with Gasteiger partial charge < -0.3 is 20.5 Å². The van der Waals surface area contributed by atoms with Crippen molar-refractivity contribution in [1.82, 2.24) is 15.4 Å². The van der Waals surface area contributed by atoms with Crippen molar-refractivity contribution < 1.29 is 18.3 Å². The van der Waals surface area contributed by atoms with E-state index in [1.165, 1.54) is 0 Å².